The van der Waals surface area contributed by atoms with E-state index in [1.165, 1.54) is 17.0 Å². The molecule has 0 aromatic heterocycles. The van der Waals surface area contributed by atoms with Crippen LogP contribution in [0.15, 0.2) is 66.7 Å². The first-order valence-corrected chi connectivity index (χ1v) is 12.4. The van der Waals surface area contributed by atoms with Gasteiger partial charge in [-0.05, 0) is 48.9 Å². The summed E-state index contributed by atoms with van der Waals surface area (Å²) in [5, 5.41) is 15.4. The minimum atomic E-state index is -0.871. The number of nitrogens with zero attached hydrogens (tertiary/aromatic N) is 1. The third-order valence-corrected chi connectivity index (χ3v) is 6.42. The Morgan fingerprint density at radius 1 is 1.06 bits per heavy atom. The van der Waals surface area contributed by atoms with E-state index in [9.17, 15) is 19.5 Å². The van der Waals surface area contributed by atoms with Gasteiger partial charge in [-0.1, -0.05) is 61.0 Å². The molecule has 0 radical (unpaired) electrons. The molecule has 192 valence electrons. The highest BCUT2D eigenvalue weighted by atomic mass is 16.3. The molecule has 3 rings (SSSR count). The number of hydrogen-bond donors (Lipinski definition) is 4. The molecule has 36 heavy (non-hydrogen) atoms. The summed E-state index contributed by atoms with van der Waals surface area (Å²) in [5.41, 5.74) is 7.90. The van der Waals surface area contributed by atoms with Gasteiger partial charge in [0.25, 0.3) is 0 Å². The number of rotatable bonds is 5. The molecule has 0 saturated carbocycles. The maximum Gasteiger partial charge on any atom is 0.243 e. The first kappa shape index (κ1) is 26.9. The van der Waals surface area contributed by atoms with E-state index in [0.717, 1.165) is 30.4 Å². The van der Waals surface area contributed by atoms with Crippen LogP contribution in [0.5, 0.6) is 5.75 Å². The molecule has 1 heterocycles. The highest BCUT2D eigenvalue weighted by Crippen LogP contribution is 2.16. The number of likely N-dealkylation sites (N-methyl/N-ethyl adjacent to an activating group) is 1. The summed E-state index contributed by atoms with van der Waals surface area (Å²) in [7, 11) is 1.57. The first-order valence-electron chi connectivity index (χ1n) is 12.4. The maximum atomic E-state index is 13.5. The second kappa shape index (κ2) is 13.4. The van der Waals surface area contributed by atoms with Crippen LogP contribution >= 0.6 is 0 Å². The molecule has 0 fully saturated rings. The Morgan fingerprint density at radius 2 is 1.78 bits per heavy atom. The molecule has 2 aromatic carbocycles. The van der Waals surface area contributed by atoms with Crippen LogP contribution in [0.1, 0.15) is 43.2 Å². The highest BCUT2D eigenvalue weighted by Gasteiger charge is 2.32. The number of carbonyl (C=O) groups excluding carboxylic acids is 3. The molecule has 0 bridgehead atoms. The predicted octanol–water partition coefficient (Wildman–Crippen LogP) is 2.41. The van der Waals surface area contributed by atoms with Gasteiger partial charge in [0, 0.05) is 20.0 Å². The fourth-order valence-corrected chi connectivity index (χ4v) is 4.18. The van der Waals surface area contributed by atoms with Crippen LogP contribution in [-0.2, 0) is 27.3 Å². The zero-order valence-electron chi connectivity index (χ0n) is 20.7. The predicted molar refractivity (Wildman–Crippen MR) is 139 cm³/mol. The van der Waals surface area contributed by atoms with Crippen molar-refractivity contribution in [3.8, 4) is 5.75 Å². The van der Waals surface area contributed by atoms with Crippen LogP contribution in [0.2, 0.25) is 0 Å². The largest absolute Gasteiger partial charge is 0.508 e. The van der Waals surface area contributed by atoms with Crippen LogP contribution in [0, 0.1) is 0 Å². The van der Waals surface area contributed by atoms with Gasteiger partial charge in [0.2, 0.25) is 17.7 Å². The first-order chi connectivity index (χ1) is 17.3. The van der Waals surface area contributed by atoms with Gasteiger partial charge >= 0.3 is 0 Å². The average Bonchev–Trinajstić information content (AvgIpc) is 2.89. The second-order valence-electron chi connectivity index (χ2n) is 9.20. The molecular weight excluding hydrogens is 456 g/mol. The number of aromatic hydroxyl groups is 1. The standard InChI is InChI=1S/C28H36N4O4/c1-32-25(18-20-14-16-22(33)17-15-20)27(35)31-24(26(34)30-19-21-10-6-5-7-11-21)13-9-4-2-3-8-12-23(29)28(32)36/h4-7,9-11,14-17,23-25,33H,2-3,8,12-13,18-19,29H2,1H3,(H,30,34)(H,31,35)/b9-4+/t23-,24-,25-/m0/s1. The van der Waals surface area contributed by atoms with Crippen molar-refractivity contribution in [2.75, 3.05) is 7.05 Å². The van der Waals surface area contributed by atoms with E-state index in [-0.39, 0.29) is 24.0 Å². The molecule has 0 unspecified atom stereocenters. The third kappa shape index (κ3) is 7.95. The lowest BCUT2D eigenvalue weighted by Gasteiger charge is -2.31. The van der Waals surface area contributed by atoms with Crippen molar-refractivity contribution in [3.63, 3.8) is 0 Å². The molecule has 5 N–H and O–H groups in total. The molecule has 0 saturated heterocycles. The van der Waals surface area contributed by atoms with Gasteiger partial charge in [-0.25, -0.2) is 0 Å². The summed E-state index contributed by atoms with van der Waals surface area (Å²) in [5.74, 6) is -0.927. The summed E-state index contributed by atoms with van der Waals surface area (Å²) in [6, 6.07) is 13.7. The highest BCUT2D eigenvalue weighted by molar-refractivity contribution is 5.93. The Bertz CT molecular complexity index is 1040. The van der Waals surface area contributed by atoms with Gasteiger partial charge in [-0.15, -0.1) is 0 Å². The van der Waals surface area contributed by atoms with Crippen molar-refractivity contribution < 1.29 is 19.5 Å². The van der Waals surface area contributed by atoms with E-state index in [1.54, 1.807) is 19.2 Å². The van der Waals surface area contributed by atoms with E-state index in [1.807, 2.05) is 42.5 Å². The van der Waals surface area contributed by atoms with Gasteiger partial charge < -0.3 is 26.4 Å². The molecule has 8 heteroatoms. The van der Waals surface area contributed by atoms with Gasteiger partial charge in [0.1, 0.15) is 17.8 Å². The fourth-order valence-electron chi connectivity index (χ4n) is 4.18. The van der Waals surface area contributed by atoms with Crippen LogP contribution in [0.4, 0.5) is 0 Å². The van der Waals surface area contributed by atoms with E-state index in [4.69, 9.17) is 5.73 Å². The molecular formula is C28H36N4O4. The minimum Gasteiger partial charge on any atom is -0.508 e. The van der Waals surface area contributed by atoms with Crippen molar-refractivity contribution in [1.82, 2.24) is 15.5 Å². The number of amides is 3. The van der Waals surface area contributed by atoms with Crippen LogP contribution in [0.3, 0.4) is 0 Å². The quantitative estimate of drug-likeness (QED) is 0.477. The zero-order valence-corrected chi connectivity index (χ0v) is 20.7. The molecule has 1 aliphatic rings. The number of nitrogens with one attached hydrogen (secondary N) is 2. The van der Waals surface area contributed by atoms with Crippen molar-refractivity contribution in [2.45, 2.75) is 63.2 Å². The van der Waals surface area contributed by atoms with Crippen LogP contribution in [0.25, 0.3) is 0 Å². The third-order valence-electron chi connectivity index (χ3n) is 6.42. The average molecular weight is 493 g/mol. The number of nitrogens with two attached hydrogens (primary N) is 1. The summed E-state index contributed by atoms with van der Waals surface area (Å²) >= 11 is 0. The molecule has 8 nitrogen and oxygen atoms in total. The number of carbonyl (C=O) groups is 3. The molecule has 2 aromatic rings. The zero-order chi connectivity index (χ0) is 25.9. The number of phenolic OH excluding ortho intramolecular Hbond substituents is 1. The summed E-state index contributed by atoms with van der Waals surface area (Å²) in [6.07, 6.45) is 7.51. The lowest BCUT2D eigenvalue weighted by Crippen LogP contribution is -2.56. The van der Waals surface area contributed by atoms with E-state index < -0.39 is 24.0 Å². The smallest absolute Gasteiger partial charge is 0.243 e. The number of phenols is 1. The SMILES string of the molecule is CN1C(=O)[C@@H](N)CCCC/C=C/C[C@@H](C(=O)NCc2ccccc2)NC(=O)[C@@H]1Cc1ccc(O)cc1. The van der Waals surface area contributed by atoms with Gasteiger partial charge in [0.15, 0.2) is 0 Å². The van der Waals surface area contributed by atoms with Crippen LogP contribution in [-0.4, -0.2) is 52.9 Å². The van der Waals surface area contributed by atoms with E-state index in [0.29, 0.717) is 19.4 Å². The topological polar surface area (TPSA) is 125 Å². The van der Waals surface area contributed by atoms with E-state index in [2.05, 4.69) is 10.6 Å². The number of allylic oxidation sites excluding steroid dienone is 1. The summed E-state index contributed by atoms with van der Waals surface area (Å²) in [6.45, 7) is 0.347. The molecule has 3 atom stereocenters. The Kier molecular flexibility index (Phi) is 10.1. The Balaban J connectivity index is 1.82. The normalized spacial score (nSPS) is 22.8. The number of hydrogen-bond acceptors (Lipinski definition) is 5. The van der Waals surface area contributed by atoms with Crippen molar-refractivity contribution in [3.05, 3.63) is 77.9 Å². The van der Waals surface area contributed by atoms with Crippen molar-refractivity contribution >= 4 is 17.7 Å². The fraction of sp³-hybridized carbons (Fsp3) is 0.393. The minimum absolute atomic E-state index is 0.114. The van der Waals surface area contributed by atoms with Gasteiger partial charge in [0.05, 0.1) is 6.04 Å². The Morgan fingerprint density at radius 3 is 2.50 bits per heavy atom. The number of benzene rings is 2. The summed E-state index contributed by atoms with van der Waals surface area (Å²) < 4.78 is 0. The lowest BCUT2D eigenvalue weighted by molar-refractivity contribution is -0.141. The van der Waals surface area contributed by atoms with Crippen molar-refractivity contribution in [2.24, 2.45) is 5.73 Å². The van der Waals surface area contributed by atoms with Gasteiger partial charge in [-0.3, -0.25) is 14.4 Å². The van der Waals surface area contributed by atoms with Gasteiger partial charge in [-0.2, -0.15) is 0 Å². The Labute approximate surface area is 212 Å². The van der Waals surface area contributed by atoms with E-state index >= 15 is 0 Å². The second-order valence-corrected chi connectivity index (χ2v) is 9.20. The maximum absolute atomic E-state index is 13.5. The molecule has 0 spiro atoms. The van der Waals surface area contributed by atoms with Crippen molar-refractivity contribution in [1.29, 1.82) is 0 Å². The summed E-state index contributed by atoms with van der Waals surface area (Å²) in [4.78, 5) is 41.0. The molecule has 0 aliphatic carbocycles. The molecule has 3 amide bonds. The molecule has 1 aliphatic heterocycles. The van der Waals surface area contributed by atoms with Crippen LogP contribution < -0.4 is 16.4 Å². The lowest BCUT2D eigenvalue weighted by atomic mass is 10.0. The Hall–Kier alpha value is -3.65. The monoisotopic (exact) mass is 492 g/mol.